The van der Waals surface area contributed by atoms with Gasteiger partial charge in [0, 0.05) is 18.8 Å². The number of halogens is 1. The van der Waals surface area contributed by atoms with Gasteiger partial charge in [-0.1, -0.05) is 86.2 Å². The minimum absolute atomic E-state index is 0.00143. The van der Waals surface area contributed by atoms with Crippen LogP contribution in [0.1, 0.15) is 66.7 Å². The number of thioether (sulfide) groups is 1. The number of allylic oxidation sites excluding steroid dienone is 2. The SMILES string of the molecule is C/C=C\CCCC.CCCSC(/C=C/C(F)(P)COc1ccccc1)C(C)C.CN(C=O)CCCO[N+](=O)[O-]. The van der Waals surface area contributed by atoms with E-state index in [1.165, 1.54) is 24.2 Å². The lowest BCUT2D eigenvalue weighted by atomic mass is 10.1. The number of hydrogen-bond donors (Lipinski definition) is 0. The van der Waals surface area contributed by atoms with Gasteiger partial charge >= 0.3 is 0 Å². The van der Waals surface area contributed by atoms with Gasteiger partial charge in [-0.05, 0) is 56.1 Å². The van der Waals surface area contributed by atoms with E-state index in [0.717, 1.165) is 12.2 Å². The number of unbranched alkanes of at least 4 members (excludes halogenated alkanes) is 2. The van der Waals surface area contributed by atoms with Crippen LogP contribution in [0.4, 0.5) is 4.39 Å². The normalized spacial score (nSPS) is 13.1. The second-order valence-corrected chi connectivity index (χ2v) is 11.4. The number of carbonyl (C=O) groups excluding carboxylic acids is 1. The summed E-state index contributed by atoms with van der Waals surface area (Å²) >= 11 is 1.88. The maximum absolute atomic E-state index is 14.5. The lowest BCUT2D eigenvalue weighted by molar-refractivity contribution is -0.757. The Hall–Kier alpha value is -2.12. The van der Waals surface area contributed by atoms with Gasteiger partial charge in [0.15, 0.2) is 5.41 Å². The molecule has 0 heterocycles. The summed E-state index contributed by atoms with van der Waals surface area (Å²) in [5.74, 6) is 2.29. The third-order valence-corrected chi connectivity index (χ3v) is 7.02. The van der Waals surface area contributed by atoms with Crippen LogP contribution in [0, 0.1) is 16.0 Å². The largest absolute Gasteiger partial charge is 0.490 e. The molecule has 3 unspecified atom stereocenters. The highest BCUT2D eigenvalue weighted by molar-refractivity contribution is 8.00. The number of alkyl halides is 1. The van der Waals surface area contributed by atoms with E-state index >= 15 is 0 Å². The van der Waals surface area contributed by atoms with Crippen molar-refractivity contribution in [3.63, 3.8) is 0 Å². The van der Waals surface area contributed by atoms with E-state index in [-0.39, 0.29) is 13.2 Å². The van der Waals surface area contributed by atoms with Crippen molar-refractivity contribution in [3.8, 4) is 5.75 Å². The fraction of sp³-hybridized carbons (Fsp3) is 0.621. The fourth-order valence-corrected chi connectivity index (χ4v) is 4.01. The fourth-order valence-electron chi connectivity index (χ4n) is 2.73. The highest BCUT2D eigenvalue weighted by Crippen LogP contribution is 2.28. The highest BCUT2D eigenvalue weighted by Gasteiger charge is 2.22. The van der Waals surface area contributed by atoms with Crippen LogP contribution in [0.15, 0.2) is 54.6 Å². The van der Waals surface area contributed by atoms with Crippen LogP contribution in [0.5, 0.6) is 5.75 Å². The molecule has 0 saturated heterocycles. The minimum atomic E-state index is -1.53. The van der Waals surface area contributed by atoms with Gasteiger partial charge in [-0.2, -0.15) is 11.8 Å². The summed E-state index contributed by atoms with van der Waals surface area (Å²) in [5, 5.41) is 7.58. The number of carbonyl (C=O) groups is 1. The molecule has 0 aromatic heterocycles. The Kier molecular flexibility index (Phi) is 26.1. The summed E-state index contributed by atoms with van der Waals surface area (Å²) in [6.45, 7) is 11.3. The molecule has 1 aromatic rings. The maximum Gasteiger partial charge on any atom is 0.294 e. The van der Waals surface area contributed by atoms with Crippen molar-refractivity contribution >= 4 is 27.4 Å². The summed E-state index contributed by atoms with van der Waals surface area (Å²) in [6.07, 6.45) is 14.1. The summed E-state index contributed by atoms with van der Waals surface area (Å²) in [5.41, 5.74) is 0. The van der Waals surface area contributed by atoms with Crippen LogP contribution in [0.25, 0.3) is 0 Å². The average Bonchev–Trinajstić information content (AvgIpc) is 2.91. The zero-order valence-electron chi connectivity index (χ0n) is 24.6. The molecule has 224 valence electrons. The molecule has 0 fully saturated rings. The standard InChI is InChI=1S/C17H26FOPS.C7H14.C5H10N2O4/c1-4-12-21-16(14(2)3)10-11-17(18,20)13-19-15-8-6-5-7-9-15;1-3-5-7-6-4-2;1-6(5-8)3-2-4-11-7(9)10/h5-11,14,16H,4,12-13,20H2,1-3H3;3,5H,4,6-7H2,1-2H3;5H,2-4H2,1H3/b11-10+;5-3-;. The van der Waals surface area contributed by atoms with Gasteiger partial charge in [0.25, 0.3) is 5.09 Å². The van der Waals surface area contributed by atoms with Crippen molar-refractivity contribution in [2.24, 2.45) is 5.92 Å². The molecule has 0 saturated carbocycles. The van der Waals surface area contributed by atoms with Crippen LogP contribution >= 0.6 is 21.0 Å². The zero-order valence-corrected chi connectivity index (χ0v) is 26.6. The van der Waals surface area contributed by atoms with Gasteiger partial charge in [0.05, 0.1) is 6.61 Å². The number of ether oxygens (including phenoxy) is 1. The maximum atomic E-state index is 14.5. The summed E-state index contributed by atoms with van der Waals surface area (Å²) in [7, 11) is 3.84. The Morgan fingerprint density at radius 3 is 2.38 bits per heavy atom. The monoisotopic (exact) mass is 588 g/mol. The molecule has 1 amide bonds. The van der Waals surface area contributed by atoms with Crippen molar-refractivity contribution in [3.05, 3.63) is 64.8 Å². The molecular formula is C29H50FN2O5PS. The van der Waals surface area contributed by atoms with E-state index in [4.69, 9.17) is 4.74 Å². The van der Waals surface area contributed by atoms with E-state index in [1.54, 1.807) is 13.1 Å². The highest BCUT2D eigenvalue weighted by atomic mass is 32.2. The summed E-state index contributed by atoms with van der Waals surface area (Å²) in [6, 6.07) is 9.33. The average molecular weight is 589 g/mol. The van der Waals surface area contributed by atoms with Gasteiger partial charge in [-0.3, -0.25) is 4.79 Å². The van der Waals surface area contributed by atoms with Gasteiger partial charge < -0.3 is 14.5 Å². The van der Waals surface area contributed by atoms with Crippen molar-refractivity contribution < 1.29 is 23.8 Å². The predicted octanol–water partition coefficient (Wildman–Crippen LogP) is 7.76. The number of benzene rings is 1. The van der Waals surface area contributed by atoms with Gasteiger partial charge in [-0.25, -0.2) is 4.39 Å². The molecular weight excluding hydrogens is 538 g/mol. The Labute approximate surface area is 242 Å². The van der Waals surface area contributed by atoms with Crippen molar-refractivity contribution in [2.75, 3.05) is 32.6 Å². The number of nitrogens with zero attached hydrogens (tertiary/aromatic N) is 2. The first-order valence-electron chi connectivity index (χ1n) is 13.5. The first-order chi connectivity index (χ1) is 18.5. The predicted molar refractivity (Wildman–Crippen MR) is 167 cm³/mol. The Morgan fingerprint density at radius 1 is 1.21 bits per heavy atom. The molecule has 0 aliphatic carbocycles. The van der Waals surface area contributed by atoms with Crippen molar-refractivity contribution in [1.29, 1.82) is 0 Å². The van der Waals surface area contributed by atoms with Crippen LogP contribution in [0.3, 0.4) is 0 Å². The number of amides is 1. The molecule has 0 aliphatic rings. The minimum Gasteiger partial charge on any atom is -0.490 e. The molecule has 1 aromatic carbocycles. The Morgan fingerprint density at radius 2 is 1.87 bits per heavy atom. The molecule has 0 aliphatic heterocycles. The summed E-state index contributed by atoms with van der Waals surface area (Å²) < 4.78 is 20.0. The quantitative estimate of drug-likeness (QED) is 0.0435. The Balaban J connectivity index is 0. The molecule has 7 nitrogen and oxygen atoms in total. The first kappa shape index (κ1) is 39.0. The van der Waals surface area contributed by atoms with Crippen LogP contribution in [-0.2, 0) is 9.63 Å². The van der Waals surface area contributed by atoms with E-state index in [1.807, 2.05) is 48.2 Å². The molecule has 0 radical (unpaired) electrons. The summed E-state index contributed by atoms with van der Waals surface area (Å²) in [4.78, 5) is 25.0. The van der Waals surface area contributed by atoms with Gasteiger partial charge in [0.1, 0.15) is 12.4 Å². The molecule has 39 heavy (non-hydrogen) atoms. The van der Waals surface area contributed by atoms with Gasteiger partial charge in [-0.15, -0.1) is 10.1 Å². The van der Waals surface area contributed by atoms with E-state index in [0.29, 0.717) is 36.3 Å². The second-order valence-electron chi connectivity index (χ2n) is 9.17. The smallest absolute Gasteiger partial charge is 0.294 e. The molecule has 1 rings (SSSR count). The second kappa shape index (κ2) is 26.1. The number of para-hydroxylation sites is 1. The third kappa shape index (κ3) is 27.2. The van der Waals surface area contributed by atoms with E-state index < -0.39 is 10.5 Å². The molecule has 0 N–H and O–H groups in total. The lowest BCUT2D eigenvalue weighted by Crippen LogP contribution is -2.22. The molecule has 0 spiro atoms. The van der Waals surface area contributed by atoms with Gasteiger partial charge in [0.2, 0.25) is 6.41 Å². The third-order valence-electron chi connectivity index (χ3n) is 4.93. The first-order valence-corrected chi connectivity index (χ1v) is 15.2. The lowest BCUT2D eigenvalue weighted by Gasteiger charge is -2.20. The van der Waals surface area contributed by atoms with Crippen molar-refractivity contribution in [2.45, 2.75) is 77.4 Å². The number of rotatable bonds is 18. The molecule has 10 heteroatoms. The molecule has 0 bridgehead atoms. The van der Waals surface area contributed by atoms with E-state index in [9.17, 15) is 19.3 Å². The topological polar surface area (TPSA) is 81.9 Å². The number of hydrogen-bond acceptors (Lipinski definition) is 6. The van der Waals surface area contributed by atoms with Crippen LogP contribution in [0.2, 0.25) is 0 Å². The molecule has 3 atom stereocenters. The Bertz CT molecular complexity index is 782. The zero-order chi connectivity index (χ0) is 29.9. The van der Waals surface area contributed by atoms with E-state index in [2.05, 4.69) is 60.8 Å². The van der Waals surface area contributed by atoms with Crippen LogP contribution < -0.4 is 4.74 Å². The van der Waals surface area contributed by atoms with Crippen molar-refractivity contribution in [1.82, 2.24) is 4.90 Å². The van der Waals surface area contributed by atoms with Crippen LogP contribution in [-0.4, -0.2) is 59.6 Å².